The number of aromatic nitrogens is 4. The topological polar surface area (TPSA) is 66.9 Å². The van der Waals surface area contributed by atoms with Gasteiger partial charge in [0.05, 0.1) is 5.69 Å². The molecule has 2 aromatic heterocycles. The van der Waals surface area contributed by atoms with Crippen molar-refractivity contribution in [2.75, 3.05) is 13.6 Å². The van der Waals surface area contributed by atoms with E-state index in [1.54, 1.807) is 0 Å². The average molecular weight is 349 g/mol. The Morgan fingerprint density at radius 3 is 2.81 bits per heavy atom. The molecule has 1 N–H and O–H groups in total. The van der Waals surface area contributed by atoms with Crippen LogP contribution in [0.1, 0.15) is 22.8 Å². The SMILES string of the molecule is Cc1nc(C)c2c(n1)O[C@@H](CN(C)Cc1cc(-c3ccccc3)n[nH]1)C2. The summed E-state index contributed by atoms with van der Waals surface area (Å²) in [5.74, 6) is 1.52. The number of hydrogen-bond donors (Lipinski definition) is 1. The monoisotopic (exact) mass is 349 g/mol. The van der Waals surface area contributed by atoms with Crippen molar-refractivity contribution in [2.45, 2.75) is 32.9 Å². The Hall–Kier alpha value is -2.73. The molecule has 6 heteroatoms. The average Bonchev–Trinajstić information content (AvgIpc) is 3.22. The number of ether oxygens (including phenoxy) is 1. The molecule has 4 rings (SSSR count). The van der Waals surface area contributed by atoms with E-state index in [0.717, 1.165) is 59.4 Å². The summed E-state index contributed by atoms with van der Waals surface area (Å²) < 4.78 is 6.03. The number of H-pyrrole nitrogens is 1. The van der Waals surface area contributed by atoms with Crippen LogP contribution in [0.4, 0.5) is 0 Å². The van der Waals surface area contributed by atoms with E-state index in [2.05, 4.69) is 50.3 Å². The third-order valence-electron chi connectivity index (χ3n) is 4.65. The Morgan fingerprint density at radius 2 is 2.00 bits per heavy atom. The van der Waals surface area contributed by atoms with Crippen LogP contribution in [-0.2, 0) is 13.0 Å². The number of aryl methyl sites for hydroxylation is 2. The van der Waals surface area contributed by atoms with Gasteiger partial charge in [0.2, 0.25) is 5.88 Å². The predicted octanol–water partition coefficient (Wildman–Crippen LogP) is 2.92. The Bertz CT molecular complexity index is 906. The highest BCUT2D eigenvalue weighted by molar-refractivity contribution is 5.58. The smallest absolute Gasteiger partial charge is 0.220 e. The van der Waals surface area contributed by atoms with Gasteiger partial charge in [0.25, 0.3) is 0 Å². The summed E-state index contributed by atoms with van der Waals surface area (Å²) in [4.78, 5) is 11.1. The molecule has 0 spiro atoms. The molecule has 0 saturated heterocycles. The highest BCUT2D eigenvalue weighted by atomic mass is 16.5. The molecule has 1 aliphatic heterocycles. The fourth-order valence-corrected chi connectivity index (χ4v) is 3.47. The number of fused-ring (bicyclic) bond motifs is 1. The molecule has 1 aliphatic rings. The highest BCUT2D eigenvalue weighted by Gasteiger charge is 2.27. The van der Waals surface area contributed by atoms with Gasteiger partial charge in [-0.1, -0.05) is 30.3 Å². The molecule has 1 aromatic carbocycles. The molecule has 3 heterocycles. The number of rotatable bonds is 5. The highest BCUT2D eigenvalue weighted by Crippen LogP contribution is 2.29. The molecule has 0 aliphatic carbocycles. The van der Waals surface area contributed by atoms with Gasteiger partial charge in [-0.25, -0.2) is 4.98 Å². The van der Waals surface area contributed by atoms with Crippen molar-refractivity contribution in [3.63, 3.8) is 0 Å². The van der Waals surface area contributed by atoms with Crippen LogP contribution >= 0.6 is 0 Å². The summed E-state index contributed by atoms with van der Waals surface area (Å²) in [5, 5.41) is 7.56. The van der Waals surface area contributed by atoms with E-state index in [1.165, 1.54) is 0 Å². The summed E-state index contributed by atoms with van der Waals surface area (Å²) in [5.41, 5.74) is 5.35. The van der Waals surface area contributed by atoms with Crippen LogP contribution in [0.2, 0.25) is 0 Å². The molecule has 6 nitrogen and oxygen atoms in total. The van der Waals surface area contributed by atoms with Crippen molar-refractivity contribution >= 4 is 0 Å². The molecular formula is C20H23N5O. The van der Waals surface area contributed by atoms with Crippen LogP contribution in [0.3, 0.4) is 0 Å². The first-order valence-electron chi connectivity index (χ1n) is 8.87. The maximum Gasteiger partial charge on any atom is 0.220 e. The lowest BCUT2D eigenvalue weighted by Crippen LogP contribution is -2.31. The minimum Gasteiger partial charge on any atom is -0.472 e. The molecule has 0 amide bonds. The summed E-state index contributed by atoms with van der Waals surface area (Å²) in [6.45, 7) is 5.55. The van der Waals surface area contributed by atoms with Gasteiger partial charge in [-0.15, -0.1) is 0 Å². The molecule has 134 valence electrons. The maximum absolute atomic E-state index is 6.03. The van der Waals surface area contributed by atoms with Crippen molar-refractivity contribution in [1.29, 1.82) is 0 Å². The molecule has 1 atom stereocenters. The van der Waals surface area contributed by atoms with E-state index >= 15 is 0 Å². The first-order valence-corrected chi connectivity index (χ1v) is 8.87. The van der Waals surface area contributed by atoms with E-state index in [-0.39, 0.29) is 6.10 Å². The molecule has 0 saturated carbocycles. The van der Waals surface area contributed by atoms with Gasteiger partial charge in [-0.3, -0.25) is 10.00 Å². The van der Waals surface area contributed by atoms with Crippen molar-refractivity contribution in [1.82, 2.24) is 25.1 Å². The van der Waals surface area contributed by atoms with Gasteiger partial charge >= 0.3 is 0 Å². The fraction of sp³-hybridized carbons (Fsp3) is 0.350. The molecule has 0 bridgehead atoms. The first-order chi connectivity index (χ1) is 12.6. The fourth-order valence-electron chi connectivity index (χ4n) is 3.47. The molecule has 3 aromatic rings. The second-order valence-corrected chi connectivity index (χ2v) is 6.93. The zero-order valence-corrected chi connectivity index (χ0v) is 15.4. The van der Waals surface area contributed by atoms with E-state index in [1.807, 2.05) is 32.0 Å². The van der Waals surface area contributed by atoms with Crippen LogP contribution < -0.4 is 4.74 Å². The van der Waals surface area contributed by atoms with E-state index in [4.69, 9.17) is 4.74 Å². The Labute approximate surface area is 153 Å². The minimum absolute atomic E-state index is 0.112. The summed E-state index contributed by atoms with van der Waals surface area (Å²) in [7, 11) is 2.10. The largest absolute Gasteiger partial charge is 0.472 e. The quantitative estimate of drug-likeness (QED) is 0.767. The Kier molecular flexibility index (Phi) is 4.42. The van der Waals surface area contributed by atoms with Gasteiger partial charge in [0.1, 0.15) is 11.9 Å². The number of nitrogens with zero attached hydrogens (tertiary/aromatic N) is 4. The summed E-state index contributed by atoms with van der Waals surface area (Å²) in [6.07, 6.45) is 0.977. The summed E-state index contributed by atoms with van der Waals surface area (Å²) in [6, 6.07) is 12.3. The van der Waals surface area contributed by atoms with Gasteiger partial charge in [0, 0.05) is 42.0 Å². The lowest BCUT2D eigenvalue weighted by molar-refractivity contribution is 0.160. The summed E-state index contributed by atoms with van der Waals surface area (Å²) >= 11 is 0. The second kappa shape index (κ2) is 6.88. The Balaban J connectivity index is 1.37. The van der Waals surface area contributed by atoms with Crippen LogP contribution in [0.15, 0.2) is 36.4 Å². The van der Waals surface area contributed by atoms with Gasteiger partial charge in [-0.05, 0) is 27.0 Å². The Morgan fingerprint density at radius 1 is 1.19 bits per heavy atom. The minimum atomic E-state index is 0.112. The zero-order valence-electron chi connectivity index (χ0n) is 15.4. The number of hydrogen-bond acceptors (Lipinski definition) is 5. The lowest BCUT2D eigenvalue weighted by Gasteiger charge is -2.19. The van der Waals surface area contributed by atoms with Gasteiger partial charge < -0.3 is 4.74 Å². The van der Waals surface area contributed by atoms with E-state index in [9.17, 15) is 0 Å². The first kappa shape index (κ1) is 16.7. The lowest BCUT2D eigenvalue weighted by atomic mass is 10.1. The van der Waals surface area contributed by atoms with Crippen molar-refractivity contribution in [3.05, 3.63) is 59.2 Å². The molecule has 0 fully saturated rings. The van der Waals surface area contributed by atoms with Crippen LogP contribution in [0, 0.1) is 13.8 Å². The van der Waals surface area contributed by atoms with E-state index in [0.29, 0.717) is 0 Å². The van der Waals surface area contributed by atoms with Crippen LogP contribution in [0.5, 0.6) is 5.88 Å². The predicted molar refractivity (Wildman–Crippen MR) is 100.0 cm³/mol. The normalized spacial score (nSPS) is 15.9. The molecular weight excluding hydrogens is 326 g/mol. The van der Waals surface area contributed by atoms with Crippen molar-refractivity contribution in [2.24, 2.45) is 0 Å². The third kappa shape index (κ3) is 3.46. The molecule has 26 heavy (non-hydrogen) atoms. The number of nitrogens with one attached hydrogen (secondary N) is 1. The number of likely N-dealkylation sites (N-methyl/N-ethyl adjacent to an activating group) is 1. The van der Waals surface area contributed by atoms with Crippen molar-refractivity contribution < 1.29 is 4.74 Å². The molecule has 0 radical (unpaired) electrons. The van der Waals surface area contributed by atoms with Crippen LogP contribution in [0.25, 0.3) is 11.3 Å². The molecule has 0 unspecified atom stereocenters. The number of benzene rings is 1. The second-order valence-electron chi connectivity index (χ2n) is 6.93. The third-order valence-corrected chi connectivity index (χ3v) is 4.65. The van der Waals surface area contributed by atoms with Gasteiger partial charge in [0.15, 0.2) is 0 Å². The van der Waals surface area contributed by atoms with E-state index < -0.39 is 0 Å². The van der Waals surface area contributed by atoms with Crippen molar-refractivity contribution in [3.8, 4) is 17.1 Å². The number of aromatic amines is 1. The zero-order chi connectivity index (χ0) is 18.1. The van der Waals surface area contributed by atoms with Gasteiger partial charge in [-0.2, -0.15) is 10.1 Å². The standard InChI is InChI=1S/C20H23N5O/c1-13-18-10-17(26-20(18)22-14(2)21-13)12-25(3)11-16-9-19(24-23-16)15-7-5-4-6-8-15/h4-9,17H,10-12H2,1-3H3,(H,23,24)/t17-/m1/s1. The van der Waals surface area contributed by atoms with Crippen LogP contribution in [-0.4, -0.2) is 44.8 Å². The maximum atomic E-state index is 6.03.